The quantitative estimate of drug-likeness (QED) is 0.678. The molecule has 21 heavy (non-hydrogen) atoms. The van der Waals surface area contributed by atoms with Crippen molar-refractivity contribution in [3.63, 3.8) is 0 Å². The van der Waals surface area contributed by atoms with E-state index >= 15 is 0 Å². The number of amides is 2. The second-order valence-corrected chi connectivity index (χ2v) is 5.21. The number of hydrogen-bond donors (Lipinski definition) is 1. The van der Waals surface area contributed by atoms with Crippen molar-refractivity contribution in [2.75, 3.05) is 39.9 Å². The molecule has 2 amide bonds. The van der Waals surface area contributed by atoms with E-state index in [1.165, 1.54) is 9.80 Å². The highest BCUT2D eigenvalue weighted by Gasteiger charge is 2.28. The maximum atomic E-state index is 12.1. The fraction of sp³-hybridized carbons (Fsp3) is 0.786. The first kappa shape index (κ1) is 17.4. The van der Waals surface area contributed by atoms with Gasteiger partial charge in [0.2, 0.25) is 11.8 Å². The van der Waals surface area contributed by atoms with Gasteiger partial charge in [0.25, 0.3) is 0 Å². The molecule has 0 aromatic heterocycles. The van der Waals surface area contributed by atoms with Gasteiger partial charge in [0, 0.05) is 26.7 Å². The minimum Gasteiger partial charge on any atom is -0.481 e. The number of carbonyl (C=O) groups is 3. The monoisotopic (exact) mass is 300 g/mol. The number of hydrogen-bond acceptors (Lipinski definition) is 4. The standard InChI is InChI=1S/C14H24N2O5/c1-3-21-8-6-12(17)15(2)10-13(18)16-7-4-5-11(9-16)14(19)20/h11H,3-10H2,1-2H3,(H,19,20). The van der Waals surface area contributed by atoms with Gasteiger partial charge in [-0.2, -0.15) is 0 Å². The molecule has 7 heteroatoms. The van der Waals surface area contributed by atoms with Crippen LogP contribution in [0.3, 0.4) is 0 Å². The molecule has 0 radical (unpaired) electrons. The van der Waals surface area contributed by atoms with E-state index in [4.69, 9.17) is 9.84 Å². The normalized spacial score (nSPS) is 18.4. The van der Waals surface area contributed by atoms with Gasteiger partial charge in [0.15, 0.2) is 0 Å². The lowest BCUT2D eigenvalue weighted by molar-refractivity contribution is -0.147. The highest BCUT2D eigenvalue weighted by Crippen LogP contribution is 2.16. The van der Waals surface area contributed by atoms with E-state index in [1.807, 2.05) is 6.92 Å². The van der Waals surface area contributed by atoms with Crippen molar-refractivity contribution in [3.8, 4) is 0 Å². The minimum absolute atomic E-state index is 0.0166. The van der Waals surface area contributed by atoms with E-state index in [1.54, 1.807) is 7.05 Å². The Hall–Kier alpha value is -1.63. The first-order chi connectivity index (χ1) is 9.95. The molecule has 1 N–H and O–H groups in total. The summed E-state index contributed by atoms with van der Waals surface area (Å²) in [4.78, 5) is 37.8. The van der Waals surface area contributed by atoms with Crippen LogP contribution in [0.4, 0.5) is 0 Å². The van der Waals surface area contributed by atoms with E-state index in [0.29, 0.717) is 32.6 Å². The Morgan fingerprint density at radius 3 is 2.71 bits per heavy atom. The van der Waals surface area contributed by atoms with E-state index in [-0.39, 0.29) is 31.3 Å². The predicted molar refractivity (Wildman–Crippen MR) is 75.7 cm³/mol. The van der Waals surface area contributed by atoms with Crippen molar-refractivity contribution in [1.82, 2.24) is 9.80 Å². The van der Waals surface area contributed by atoms with Crippen LogP contribution in [0.2, 0.25) is 0 Å². The summed E-state index contributed by atoms with van der Waals surface area (Å²) in [6.45, 7) is 3.53. The third-order valence-corrected chi connectivity index (χ3v) is 3.59. The van der Waals surface area contributed by atoms with Crippen LogP contribution < -0.4 is 0 Å². The van der Waals surface area contributed by atoms with Crippen LogP contribution in [0.1, 0.15) is 26.2 Å². The number of rotatable bonds is 7. The Morgan fingerprint density at radius 1 is 1.38 bits per heavy atom. The van der Waals surface area contributed by atoms with Crippen molar-refractivity contribution in [2.45, 2.75) is 26.2 Å². The number of nitrogens with zero attached hydrogens (tertiary/aromatic N) is 2. The van der Waals surface area contributed by atoms with Crippen molar-refractivity contribution in [3.05, 3.63) is 0 Å². The number of ether oxygens (including phenoxy) is 1. The van der Waals surface area contributed by atoms with Gasteiger partial charge >= 0.3 is 5.97 Å². The van der Waals surface area contributed by atoms with Gasteiger partial charge < -0.3 is 19.6 Å². The van der Waals surface area contributed by atoms with Crippen LogP contribution in [0, 0.1) is 5.92 Å². The van der Waals surface area contributed by atoms with Gasteiger partial charge in [-0.1, -0.05) is 0 Å². The molecule has 1 fully saturated rings. The maximum Gasteiger partial charge on any atom is 0.308 e. The van der Waals surface area contributed by atoms with Crippen LogP contribution in [0.25, 0.3) is 0 Å². The third kappa shape index (κ3) is 5.71. The van der Waals surface area contributed by atoms with Crippen molar-refractivity contribution in [2.24, 2.45) is 5.92 Å². The number of carboxylic acid groups (broad SMARTS) is 1. The summed E-state index contributed by atoms with van der Waals surface area (Å²) in [5.74, 6) is -1.72. The Morgan fingerprint density at radius 2 is 2.10 bits per heavy atom. The van der Waals surface area contributed by atoms with Crippen molar-refractivity contribution < 1.29 is 24.2 Å². The van der Waals surface area contributed by atoms with E-state index < -0.39 is 11.9 Å². The second-order valence-electron chi connectivity index (χ2n) is 5.21. The summed E-state index contributed by atoms with van der Waals surface area (Å²) in [7, 11) is 1.57. The fourth-order valence-electron chi connectivity index (χ4n) is 2.29. The Balaban J connectivity index is 2.41. The molecular weight excluding hydrogens is 276 g/mol. The average molecular weight is 300 g/mol. The molecule has 120 valence electrons. The van der Waals surface area contributed by atoms with Crippen LogP contribution in [0.15, 0.2) is 0 Å². The fourth-order valence-corrected chi connectivity index (χ4v) is 2.29. The van der Waals surface area contributed by atoms with Crippen LogP contribution in [-0.2, 0) is 19.1 Å². The molecule has 1 heterocycles. The molecule has 0 aromatic rings. The van der Waals surface area contributed by atoms with Gasteiger partial charge in [-0.05, 0) is 19.8 Å². The summed E-state index contributed by atoms with van der Waals surface area (Å²) in [6, 6.07) is 0. The van der Waals surface area contributed by atoms with Crippen LogP contribution in [0.5, 0.6) is 0 Å². The van der Waals surface area contributed by atoms with Gasteiger partial charge in [0.05, 0.1) is 25.5 Å². The first-order valence-corrected chi connectivity index (χ1v) is 7.28. The zero-order valence-electron chi connectivity index (χ0n) is 12.7. The number of piperidine rings is 1. The molecule has 0 saturated carbocycles. The third-order valence-electron chi connectivity index (χ3n) is 3.59. The molecular formula is C14H24N2O5. The number of aliphatic carboxylic acids is 1. The molecule has 0 aromatic carbocycles. The SMILES string of the molecule is CCOCCC(=O)N(C)CC(=O)N1CCCC(C(=O)O)C1. The molecule has 0 spiro atoms. The summed E-state index contributed by atoms with van der Waals surface area (Å²) < 4.78 is 5.11. The largest absolute Gasteiger partial charge is 0.481 e. The molecule has 0 aliphatic carbocycles. The lowest BCUT2D eigenvalue weighted by atomic mass is 9.98. The van der Waals surface area contributed by atoms with Gasteiger partial charge in [0.1, 0.15) is 0 Å². The topological polar surface area (TPSA) is 87.2 Å². The number of likely N-dealkylation sites (tertiary alicyclic amines) is 1. The smallest absolute Gasteiger partial charge is 0.308 e. The minimum atomic E-state index is -0.867. The molecule has 0 bridgehead atoms. The highest BCUT2D eigenvalue weighted by molar-refractivity contribution is 5.85. The molecule has 1 aliphatic heterocycles. The lowest BCUT2D eigenvalue weighted by Gasteiger charge is -2.32. The summed E-state index contributed by atoms with van der Waals surface area (Å²) >= 11 is 0. The average Bonchev–Trinajstić information content (AvgIpc) is 2.47. The molecule has 1 saturated heterocycles. The zero-order chi connectivity index (χ0) is 15.8. The van der Waals surface area contributed by atoms with E-state index in [0.717, 1.165) is 0 Å². The van der Waals surface area contributed by atoms with E-state index in [9.17, 15) is 14.4 Å². The highest BCUT2D eigenvalue weighted by atomic mass is 16.5. The summed E-state index contributed by atoms with van der Waals surface area (Å²) in [5.41, 5.74) is 0. The van der Waals surface area contributed by atoms with Gasteiger partial charge in [-0.15, -0.1) is 0 Å². The van der Waals surface area contributed by atoms with Crippen molar-refractivity contribution in [1.29, 1.82) is 0 Å². The lowest BCUT2D eigenvalue weighted by Crippen LogP contribution is -2.47. The Kier molecular flexibility index (Phi) is 7.14. The summed E-state index contributed by atoms with van der Waals surface area (Å²) in [6.07, 6.45) is 1.53. The number of carboxylic acids is 1. The number of carbonyl (C=O) groups excluding carboxylic acids is 2. The van der Waals surface area contributed by atoms with Gasteiger partial charge in [-0.25, -0.2) is 0 Å². The molecule has 1 rings (SSSR count). The molecule has 1 unspecified atom stereocenters. The molecule has 1 aliphatic rings. The van der Waals surface area contributed by atoms with E-state index in [2.05, 4.69) is 0 Å². The Bertz CT molecular complexity index is 386. The van der Waals surface area contributed by atoms with Gasteiger partial charge in [-0.3, -0.25) is 14.4 Å². The zero-order valence-corrected chi connectivity index (χ0v) is 12.7. The summed E-state index contributed by atoms with van der Waals surface area (Å²) in [5, 5.41) is 9.01. The first-order valence-electron chi connectivity index (χ1n) is 7.28. The van der Waals surface area contributed by atoms with Crippen molar-refractivity contribution >= 4 is 17.8 Å². The second kappa shape index (κ2) is 8.61. The van der Waals surface area contributed by atoms with Crippen LogP contribution >= 0.6 is 0 Å². The molecule has 7 nitrogen and oxygen atoms in total. The van der Waals surface area contributed by atoms with Crippen LogP contribution in [-0.4, -0.2) is 72.6 Å². The Labute approximate surface area is 124 Å². The number of likely N-dealkylation sites (N-methyl/N-ethyl adjacent to an activating group) is 1. The predicted octanol–water partition coefficient (Wildman–Crippen LogP) is 0.195. The molecule has 1 atom stereocenters. The maximum absolute atomic E-state index is 12.1.